The molecule has 0 spiro atoms. The summed E-state index contributed by atoms with van der Waals surface area (Å²) >= 11 is 6.44. The number of carbonyl (C=O) groups excluding carboxylic acids is 4. The van der Waals surface area contributed by atoms with E-state index in [4.69, 9.17) is 32.8 Å². The number of piperidine rings is 2. The lowest BCUT2D eigenvalue weighted by Gasteiger charge is -2.35. The van der Waals surface area contributed by atoms with Gasteiger partial charge in [-0.3, -0.25) is 40.8 Å². The third kappa shape index (κ3) is 15.5. The molecule has 2 aromatic rings. The van der Waals surface area contributed by atoms with Gasteiger partial charge in [0.2, 0.25) is 5.91 Å². The monoisotopic (exact) mass is 850 g/mol. The number of thiocarbonyl (C=S) groups is 1. The number of benzene rings is 2. The zero-order chi connectivity index (χ0) is 42.5. The molecule has 2 saturated heterocycles. The molecule has 6 N–H and O–H groups in total. The molecule has 4 heterocycles. The normalized spacial score (nSPS) is 17.5. The van der Waals surface area contributed by atoms with Gasteiger partial charge in [-0.05, 0) is 144 Å². The summed E-state index contributed by atoms with van der Waals surface area (Å²) in [6.07, 6.45) is 6.72. The Balaban J connectivity index is 0.000000261. The first-order valence-corrected chi connectivity index (χ1v) is 20.3. The molecular formula is C41H58N10O6S2. The molecule has 0 aliphatic carbocycles. The fourth-order valence-corrected chi connectivity index (χ4v) is 6.88. The highest BCUT2D eigenvalue weighted by Crippen LogP contribution is 2.24. The number of likely N-dealkylation sites (tertiary alicyclic amines) is 2. The number of ether oxygens (including phenoxy) is 2. The number of carbonyl (C=O) groups is 4. The number of hydrazine groups is 2. The fraction of sp³-hybridized carbons (Fsp3) is 0.512. The van der Waals surface area contributed by atoms with Gasteiger partial charge in [0.05, 0.1) is 19.0 Å². The standard InChI is InChI=1S/C20H27N5O3S.C11H21N3O3.C9H6N2S.CH4/c1-20(2,3)28-19(27)25-8-4-5-14(12-25)17(26)23-24-18(29)22-16-7-6-13-10-21-11-15(13)9-16;1-11(2,3)17-10(16)14-7-5-4-6-8(14)9(15)13-12;10-6-12-9-2-1-7-4-11-5-8(7)3-9;/h6-7,9,11,14H,4-5,8,10,12H2,1-3H3,(H,23,26)(H2,22,24,29);8H,4-7,12H2,1-3H3,(H,13,15);1-3,5H,4H2;1H4. The highest BCUT2D eigenvalue weighted by molar-refractivity contribution is 8.03. The third-order valence-corrected chi connectivity index (χ3v) is 9.77. The number of thiocyanates is 1. The van der Waals surface area contributed by atoms with Gasteiger partial charge in [-0.2, -0.15) is 5.26 Å². The van der Waals surface area contributed by atoms with Crippen molar-refractivity contribution in [1.29, 1.82) is 5.26 Å². The Bertz CT molecular complexity index is 1920. The Kier molecular flexibility index (Phi) is 18.1. The number of aliphatic imine (C=N–C) groups is 2. The zero-order valence-electron chi connectivity index (χ0n) is 33.9. The molecule has 4 amide bonds. The van der Waals surface area contributed by atoms with E-state index in [2.05, 4.69) is 31.6 Å². The van der Waals surface area contributed by atoms with Gasteiger partial charge in [-0.1, -0.05) is 19.6 Å². The van der Waals surface area contributed by atoms with Gasteiger partial charge >= 0.3 is 12.2 Å². The summed E-state index contributed by atoms with van der Waals surface area (Å²) in [6.45, 7) is 13.8. The molecule has 0 aromatic heterocycles. The van der Waals surface area contributed by atoms with Crippen LogP contribution >= 0.6 is 24.0 Å². The third-order valence-electron chi connectivity index (χ3n) is 8.99. The van der Waals surface area contributed by atoms with Crippen LogP contribution in [0.25, 0.3) is 0 Å². The summed E-state index contributed by atoms with van der Waals surface area (Å²) in [4.78, 5) is 60.6. The van der Waals surface area contributed by atoms with Crippen molar-refractivity contribution in [3.63, 3.8) is 0 Å². The first-order chi connectivity index (χ1) is 27.5. The first kappa shape index (κ1) is 48.1. The first-order valence-electron chi connectivity index (χ1n) is 19.1. The molecule has 320 valence electrons. The van der Waals surface area contributed by atoms with Crippen LogP contribution in [-0.4, -0.2) is 88.2 Å². The Labute approximate surface area is 357 Å². The Morgan fingerprint density at radius 2 is 1.47 bits per heavy atom. The van der Waals surface area contributed by atoms with E-state index in [-0.39, 0.29) is 36.4 Å². The minimum Gasteiger partial charge on any atom is -0.444 e. The minimum absolute atomic E-state index is 0. The largest absolute Gasteiger partial charge is 0.444 e. The number of nitrogens with two attached hydrogens (primary N) is 1. The molecule has 16 nitrogen and oxygen atoms in total. The van der Waals surface area contributed by atoms with Crippen molar-refractivity contribution in [3.05, 3.63) is 58.7 Å². The van der Waals surface area contributed by atoms with Crippen molar-refractivity contribution in [2.45, 2.75) is 116 Å². The SMILES string of the molecule is C.CC(C)(C)OC(=O)N1CCCC(C(=O)NNC(=S)Nc2ccc3c(c2)C=NC3)C1.CC(C)(C)OC(=O)N1CCCCC1C(=O)NN.N#CSc1ccc2c(c1)C=NC2. The lowest BCUT2D eigenvalue weighted by atomic mass is 9.98. The maximum atomic E-state index is 12.5. The molecule has 4 aliphatic rings. The van der Waals surface area contributed by atoms with Gasteiger partial charge in [0.25, 0.3) is 5.91 Å². The second-order valence-electron chi connectivity index (χ2n) is 15.9. The minimum atomic E-state index is -0.560. The molecule has 2 atom stereocenters. The van der Waals surface area contributed by atoms with E-state index >= 15 is 0 Å². The van der Waals surface area contributed by atoms with Crippen LogP contribution in [0.15, 0.2) is 51.3 Å². The van der Waals surface area contributed by atoms with E-state index < -0.39 is 23.3 Å². The summed E-state index contributed by atoms with van der Waals surface area (Å²) in [5.74, 6) is 4.25. The summed E-state index contributed by atoms with van der Waals surface area (Å²) in [7, 11) is 0. The second-order valence-corrected chi connectivity index (χ2v) is 17.2. The predicted molar refractivity (Wildman–Crippen MR) is 235 cm³/mol. The lowest BCUT2D eigenvalue weighted by Crippen LogP contribution is -2.54. The van der Waals surface area contributed by atoms with E-state index in [0.717, 1.165) is 47.5 Å². The van der Waals surface area contributed by atoms with Gasteiger partial charge in [0.1, 0.15) is 22.6 Å². The van der Waals surface area contributed by atoms with Crippen molar-refractivity contribution in [1.82, 2.24) is 26.1 Å². The number of fused-ring (bicyclic) bond motifs is 2. The van der Waals surface area contributed by atoms with Crippen LogP contribution in [0.5, 0.6) is 0 Å². The molecular weight excluding hydrogens is 793 g/mol. The smallest absolute Gasteiger partial charge is 0.410 e. The summed E-state index contributed by atoms with van der Waals surface area (Å²) in [5.41, 5.74) is 11.8. The Hall–Kier alpha value is -5.25. The zero-order valence-corrected chi connectivity index (χ0v) is 35.6. The van der Waals surface area contributed by atoms with Gasteiger partial charge in [0.15, 0.2) is 5.11 Å². The molecule has 2 unspecified atom stereocenters. The van der Waals surface area contributed by atoms with Crippen LogP contribution in [0, 0.1) is 16.6 Å². The summed E-state index contributed by atoms with van der Waals surface area (Å²) in [5, 5.41) is 13.8. The number of hydrogen-bond donors (Lipinski definition) is 5. The molecule has 18 heteroatoms. The van der Waals surface area contributed by atoms with Crippen molar-refractivity contribution in [3.8, 4) is 5.40 Å². The molecule has 2 aromatic carbocycles. The van der Waals surface area contributed by atoms with Crippen molar-refractivity contribution < 1.29 is 28.7 Å². The van der Waals surface area contributed by atoms with Crippen LogP contribution in [0.1, 0.15) is 103 Å². The average molecular weight is 851 g/mol. The van der Waals surface area contributed by atoms with Gasteiger partial charge in [-0.15, -0.1) is 0 Å². The lowest BCUT2D eigenvalue weighted by molar-refractivity contribution is -0.128. The molecule has 2 fully saturated rings. The number of thioether (sulfide) groups is 1. The van der Waals surface area contributed by atoms with E-state index in [1.54, 1.807) is 25.7 Å². The van der Waals surface area contributed by atoms with Crippen LogP contribution in [0.2, 0.25) is 0 Å². The molecule has 59 heavy (non-hydrogen) atoms. The fourth-order valence-electron chi connectivity index (χ4n) is 6.28. The molecule has 6 rings (SSSR count). The number of nitriles is 1. The quantitative estimate of drug-likeness (QED) is 0.0583. The number of nitrogens with one attached hydrogen (secondary N) is 4. The maximum absolute atomic E-state index is 12.5. The molecule has 0 saturated carbocycles. The summed E-state index contributed by atoms with van der Waals surface area (Å²) in [6, 6.07) is 11.4. The Morgan fingerprint density at radius 3 is 2.10 bits per heavy atom. The number of anilines is 1. The second kappa shape index (κ2) is 22.2. The molecule has 4 aliphatic heterocycles. The highest BCUT2D eigenvalue weighted by atomic mass is 32.2. The Morgan fingerprint density at radius 1 is 0.847 bits per heavy atom. The van der Waals surface area contributed by atoms with E-state index in [1.165, 1.54) is 27.8 Å². The van der Waals surface area contributed by atoms with Crippen molar-refractivity contribution in [2.75, 3.05) is 25.0 Å². The van der Waals surface area contributed by atoms with E-state index in [1.807, 2.05) is 75.0 Å². The average Bonchev–Trinajstić information content (AvgIpc) is 3.85. The van der Waals surface area contributed by atoms with Gasteiger partial charge in [-0.25, -0.2) is 15.4 Å². The van der Waals surface area contributed by atoms with Crippen LogP contribution in [0.3, 0.4) is 0 Å². The van der Waals surface area contributed by atoms with Crippen LogP contribution in [0.4, 0.5) is 15.3 Å². The highest BCUT2D eigenvalue weighted by Gasteiger charge is 2.35. The van der Waals surface area contributed by atoms with Gasteiger partial charge in [0, 0.05) is 42.6 Å². The maximum Gasteiger partial charge on any atom is 0.410 e. The number of rotatable bonds is 4. The topological polar surface area (TPSA) is 216 Å². The van der Waals surface area contributed by atoms with E-state index in [9.17, 15) is 19.2 Å². The van der Waals surface area contributed by atoms with Crippen LogP contribution in [-0.2, 0) is 32.2 Å². The molecule has 0 bridgehead atoms. The number of nitrogens with zero attached hydrogens (tertiary/aromatic N) is 5. The number of hydrogen-bond acceptors (Lipinski definition) is 12. The van der Waals surface area contributed by atoms with Crippen molar-refractivity contribution >= 4 is 71.2 Å². The predicted octanol–water partition coefficient (Wildman–Crippen LogP) is 6.18. The van der Waals surface area contributed by atoms with Crippen LogP contribution < -0.4 is 27.4 Å². The van der Waals surface area contributed by atoms with E-state index in [0.29, 0.717) is 39.0 Å². The summed E-state index contributed by atoms with van der Waals surface area (Å²) < 4.78 is 10.7. The van der Waals surface area contributed by atoms with Gasteiger partial charge < -0.3 is 19.7 Å². The van der Waals surface area contributed by atoms with Crippen molar-refractivity contribution in [2.24, 2.45) is 21.7 Å². The number of amides is 4. The molecule has 0 radical (unpaired) electrons.